The van der Waals surface area contributed by atoms with Crippen LogP contribution < -0.4 is 10.2 Å². The second kappa shape index (κ2) is 18.1. The van der Waals surface area contributed by atoms with Gasteiger partial charge in [0.2, 0.25) is 0 Å². The Morgan fingerprint density at radius 3 is 1.82 bits per heavy atom. The number of anilines is 2. The zero-order valence-corrected chi connectivity index (χ0v) is 37.5. The Kier molecular flexibility index (Phi) is 12.5. The van der Waals surface area contributed by atoms with E-state index in [-0.39, 0.29) is 11.2 Å². The summed E-state index contributed by atoms with van der Waals surface area (Å²) in [5.74, 6) is 0. The summed E-state index contributed by atoms with van der Waals surface area (Å²) in [5, 5.41) is 5.55. The molecule has 62 heavy (non-hydrogen) atoms. The number of hydrogen-bond acceptors (Lipinski definition) is 10. The summed E-state index contributed by atoms with van der Waals surface area (Å²) in [4.78, 5) is 12.3. The van der Waals surface area contributed by atoms with Crippen molar-refractivity contribution in [2.45, 2.75) is 132 Å². The average Bonchev–Trinajstić information content (AvgIpc) is 4.09. The second-order valence-electron chi connectivity index (χ2n) is 17.4. The van der Waals surface area contributed by atoms with Crippen molar-refractivity contribution in [2.24, 2.45) is 0 Å². The van der Waals surface area contributed by atoms with Crippen molar-refractivity contribution >= 4 is 53.5 Å². The summed E-state index contributed by atoms with van der Waals surface area (Å²) >= 11 is 0. The molecule has 14 heteroatoms. The zero-order valence-electron chi connectivity index (χ0n) is 35.8. The SMILES string of the molecule is Cc1ccc(S(=O)(=O)n2ccc3c(NC4CCCCC4)c(CCC4OCCO4)cnc32)cc1.Cc1ccc(S(=O)(=O)n2ccc3c4c(cnc32)CCCN4C2CCCCC2)cc1. The Morgan fingerprint density at radius 1 is 0.661 bits per heavy atom. The molecular formula is C48H58N6O6S2. The normalized spacial score (nSPS) is 18.2. The van der Waals surface area contributed by atoms with Crippen LogP contribution in [-0.4, -0.2) is 72.9 Å². The number of fused-ring (bicyclic) bond motifs is 4. The molecule has 1 N–H and O–H groups in total. The molecule has 2 saturated carbocycles. The molecule has 4 aliphatic rings. The van der Waals surface area contributed by atoms with Crippen LogP contribution in [0.2, 0.25) is 0 Å². The first-order valence-electron chi connectivity index (χ1n) is 22.5. The molecule has 0 bridgehead atoms. The number of benzene rings is 2. The van der Waals surface area contributed by atoms with Crippen molar-refractivity contribution in [1.82, 2.24) is 17.9 Å². The maximum Gasteiger partial charge on any atom is 0.269 e. The van der Waals surface area contributed by atoms with E-state index in [9.17, 15) is 16.8 Å². The monoisotopic (exact) mass is 878 g/mol. The number of aryl methyl sites for hydroxylation is 4. The van der Waals surface area contributed by atoms with E-state index in [1.54, 1.807) is 36.7 Å². The van der Waals surface area contributed by atoms with Gasteiger partial charge in [-0.25, -0.2) is 34.7 Å². The van der Waals surface area contributed by atoms with Crippen molar-refractivity contribution in [2.75, 3.05) is 30.0 Å². The fourth-order valence-corrected chi connectivity index (χ4v) is 12.3. The van der Waals surface area contributed by atoms with Gasteiger partial charge in [-0.3, -0.25) is 0 Å². The summed E-state index contributed by atoms with van der Waals surface area (Å²) in [6.45, 7) is 6.21. The van der Waals surface area contributed by atoms with E-state index in [4.69, 9.17) is 9.47 Å². The molecule has 12 nitrogen and oxygen atoms in total. The highest BCUT2D eigenvalue weighted by atomic mass is 32.2. The predicted octanol–water partition coefficient (Wildman–Crippen LogP) is 9.30. The average molecular weight is 879 g/mol. The number of pyridine rings is 2. The van der Waals surface area contributed by atoms with Crippen LogP contribution in [0.3, 0.4) is 0 Å². The van der Waals surface area contributed by atoms with Crippen molar-refractivity contribution in [3.8, 4) is 0 Å². The fourth-order valence-electron chi connectivity index (χ4n) is 9.72. The van der Waals surface area contributed by atoms with Gasteiger partial charge in [0.25, 0.3) is 20.0 Å². The van der Waals surface area contributed by atoms with Gasteiger partial charge in [-0.05, 0) is 106 Å². The van der Waals surface area contributed by atoms with Crippen LogP contribution >= 0.6 is 0 Å². The summed E-state index contributed by atoms with van der Waals surface area (Å²) < 4.78 is 67.2. The van der Waals surface area contributed by atoms with Crippen LogP contribution in [0.4, 0.5) is 11.4 Å². The maximum absolute atomic E-state index is 13.4. The van der Waals surface area contributed by atoms with E-state index >= 15 is 0 Å². The van der Waals surface area contributed by atoms with Crippen LogP contribution in [0.1, 0.15) is 99.3 Å². The molecule has 2 aliphatic carbocycles. The van der Waals surface area contributed by atoms with E-state index in [0.717, 1.165) is 78.2 Å². The molecule has 4 aromatic heterocycles. The van der Waals surface area contributed by atoms with E-state index < -0.39 is 20.0 Å². The number of aromatic nitrogens is 4. The molecule has 0 spiro atoms. The smallest absolute Gasteiger partial charge is 0.269 e. The molecule has 3 fully saturated rings. The van der Waals surface area contributed by atoms with Crippen molar-refractivity contribution in [3.63, 3.8) is 0 Å². The number of nitrogens with one attached hydrogen (secondary N) is 1. The largest absolute Gasteiger partial charge is 0.381 e. The molecule has 0 radical (unpaired) electrons. The van der Waals surface area contributed by atoms with Crippen LogP contribution in [-0.2, 0) is 42.4 Å². The minimum Gasteiger partial charge on any atom is -0.381 e. The summed E-state index contributed by atoms with van der Waals surface area (Å²) in [6.07, 6.45) is 22.8. The number of rotatable bonds is 10. The highest BCUT2D eigenvalue weighted by molar-refractivity contribution is 7.90. The third kappa shape index (κ3) is 8.63. The van der Waals surface area contributed by atoms with Crippen LogP contribution in [0.25, 0.3) is 22.1 Å². The lowest BCUT2D eigenvalue weighted by atomic mass is 9.91. The summed E-state index contributed by atoms with van der Waals surface area (Å²) in [5.41, 5.74) is 7.56. The Hall–Kier alpha value is -4.76. The van der Waals surface area contributed by atoms with E-state index in [2.05, 4.69) is 20.2 Å². The van der Waals surface area contributed by atoms with Gasteiger partial charge in [-0.1, -0.05) is 73.9 Å². The molecule has 328 valence electrons. The highest BCUT2D eigenvalue weighted by Crippen LogP contribution is 2.39. The number of nitrogens with zero attached hydrogens (tertiary/aromatic N) is 5. The molecule has 2 aliphatic heterocycles. The van der Waals surface area contributed by atoms with E-state index in [1.807, 2.05) is 62.6 Å². The Bertz CT molecular complexity index is 2730. The molecule has 6 heterocycles. The van der Waals surface area contributed by atoms with Crippen molar-refractivity contribution in [3.05, 3.63) is 108 Å². The van der Waals surface area contributed by atoms with Gasteiger partial charge in [0.05, 0.1) is 34.4 Å². The summed E-state index contributed by atoms with van der Waals surface area (Å²) in [7, 11) is -7.41. The standard InChI is InChI=1S/C25H31N3O4S.C23H27N3O2S/c1-18-7-10-21(11-8-18)33(29,30)28-14-13-22-24(27-20-5-3-2-4-6-20)19(17-26-25(22)28)9-12-23-31-15-16-32-23;1-17-9-11-20(12-10-17)29(27,28)26-15-13-21-22-18(16-24-23(21)26)6-5-14-25(22)19-7-3-2-4-8-19/h7-8,10-11,13-14,17,20,23H,2-6,9,12,15-16H2,1H3,(H,26,27);9-13,15-16,19H,2-8,14H2,1H3. The topological polar surface area (TPSA) is 138 Å². The van der Waals surface area contributed by atoms with Gasteiger partial charge in [0.15, 0.2) is 17.6 Å². The summed E-state index contributed by atoms with van der Waals surface area (Å²) in [6, 6.07) is 18.7. The lowest BCUT2D eigenvalue weighted by Gasteiger charge is -2.40. The second-order valence-corrected chi connectivity index (χ2v) is 21.0. The molecule has 2 aromatic carbocycles. The Labute approximate surface area is 365 Å². The first kappa shape index (κ1) is 42.5. The van der Waals surface area contributed by atoms with Crippen LogP contribution in [0.15, 0.2) is 95.2 Å². The molecule has 0 atom stereocenters. The highest BCUT2D eigenvalue weighted by Gasteiger charge is 2.30. The predicted molar refractivity (Wildman–Crippen MR) is 244 cm³/mol. The van der Waals surface area contributed by atoms with Crippen LogP contribution in [0, 0.1) is 13.8 Å². The first-order chi connectivity index (χ1) is 30.1. The minimum atomic E-state index is -3.74. The molecule has 0 amide bonds. The molecule has 1 saturated heterocycles. The Balaban J connectivity index is 0.000000159. The zero-order chi connectivity index (χ0) is 42.8. The van der Waals surface area contributed by atoms with Gasteiger partial charge in [0, 0.05) is 60.6 Å². The number of hydrogen-bond donors (Lipinski definition) is 1. The van der Waals surface area contributed by atoms with Crippen molar-refractivity contribution < 1.29 is 26.3 Å². The molecule has 0 unspecified atom stereocenters. The van der Waals surface area contributed by atoms with Gasteiger partial charge in [-0.2, -0.15) is 0 Å². The van der Waals surface area contributed by atoms with E-state index in [1.165, 1.54) is 70.6 Å². The van der Waals surface area contributed by atoms with E-state index in [0.29, 0.717) is 41.5 Å². The van der Waals surface area contributed by atoms with Gasteiger partial charge < -0.3 is 19.7 Å². The van der Waals surface area contributed by atoms with Crippen molar-refractivity contribution in [1.29, 1.82) is 0 Å². The number of ether oxygens (including phenoxy) is 2. The van der Waals surface area contributed by atoms with Gasteiger partial charge >= 0.3 is 0 Å². The lowest BCUT2D eigenvalue weighted by molar-refractivity contribution is -0.0461. The maximum atomic E-state index is 13.4. The minimum absolute atomic E-state index is 0.185. The third-order valence-electron chi connectivity index (χ3n) is 13.1. The van der Waals surface area contributed by atoms with Gasteiger partial charge in [-0.15, -0.1) is 0 Å². The fraction of sp³-hybridized carbons (Fsp3) is 0.458. The molecular weight excluding hydrogens is 821 g/mol. The lowest BCUT2D eigenvalue weighted by Crippen LogP contribution is -2.40. The quantitative estimate of drug-likeness (QED) is 0.142. The van der Waals surface area contributed by atoms with Gasteiger partial charge in [0.1, 0.15) is 0 Å². The third-order valence-corrected chi connectivity index (χ3v) is 16.4. The first-order valence-corrected chi connectivity index (χ1v) is 25.3. The van der Waals surface area contributed by atoms with Crippen LogP contribution in [0.5, 0.6) is 0 Å². The molecule has 10 rings (SSSR count). The molecule has 6 aromatic rings. The Morgan fingerprint density at radius 2 is 1.21 bits per heavy atom.